The van der Waals surface area contributed by atoms with Crippen LogP contribution in [0.2, 0.25) is 0 Å². The molecule has 14 heavy (non-hydrogen) atoms. The first-order valence-corrected chi connectivity index (χ1v) is 4.48. The van der Waals surface area contributed by atoms with Crippen LogP contribution in [0.4, 0.5) is 4.39 Å². The monoisotopic (exact) mass is 196 g/mol. The van der Waals surface area contributed by atoms with Crippen molar-refractivity contribution in [2.24, 2.45) is 0 Å². The average molecular weight is 196 g/mol. The van der Waals surface area contributed by atoms with E-state index in [1.807, 2.05) is 0 Å². The van der Waals surface area contributed by atoms with Gasteiger partial charge in [-0.05, 0) is 12.0 Å². The summed E-state index contributed by atoms with van der Waals surface area (Å²) in [4.78, 5) is 10.2. The highest BCUT2D eigenvalue weighted by molar-refractivity contribution is 5.50. The number of carbonyl (C=O) groups is 1. The molecule has 1 aromatic carbocycles. The third-order valence-corrected chi connectivity index (χ3v) is 1.99. The van der Waals surface area contributed by atoms with Gasteiger partial charge in [-0.1, -0.05) is 18.2 Å². The predicted molar refractivity (Wildman–Crippen MR) is 51.5 cm³/mol. The van der Waals surface area contributed by atoms with Crippen molar-refractivity contribution in [2.75, 3.05) is 7.11 Å². The van der Waals surface area contributed by atoms with Crippen molar-refractivity contribution in [2.45, 2.75) is 19.4 Å². The van der Waals surface area contributed by atoms with Crippen LogP contribution >= 0.6 is 0 Å². The fourth-order valence-corrected chi connectivity index (χ4v) is 1.31. The van der Waals surface area contributed by atoms with Crippen LogP contribution in [0.25, 0.3) is 0 Å². The molecule has 2 nitrogen and oxygen atoms in total. The van der Waals surface area contributed by atoms with Crippen molar-refractivity contribution < 1.29 is 13.9 Å². The predicted octanol–water partition coefficient (Wildman–Crippen LogP) is 2.10. The molecular formula is C11H13FO2. The number of hydrogen-bond acceptors (Lipinski definition) is 2. The van der Waals surface area contributed by atoms with Crippen LogP contribution in [-0.4, -0.2) is 13.4 Å². The molecule has 0 radical (unpaired) electrons. The first kappa shape index (κ1) is 10.9. The van der Waals surface area contributed by atoms with E-state index in [0.717, 1.165) is 6.29 Å². The van der Waals surface area contributed by atoms with Gasteiger partial charge in [-0.2, -0.15) is 0 Å². The second-order valence-corrected chi connectivity index (χ2v) is 3.03. The number of rotatable bonds is 5. The van der Waals surface area contributed by atoms with Gasteiger partial charge in [0.2, 0.25) is 0 Å². The summed E-state index contributed by atoms with van der Waals surface area (Å²) in [6, 6.07) is 5.15. The second kappa shape index (κ2) is 5.50. The molecule has 0 saturated heterocycles. The molecule has 0 aromatic heterocycles. The van der Waals surface area contributed by atoms with E-state index in [-0.39, 0.29) is 12.4 Å². The molecule has 0 aliphatic heterocycles. The Morgan fingerprint density at radius 1 is 1.43 bits per heavy atom. The summed E-state index contributed by atoms with van der Waals surface area (Å²) in [7, 11) is 1.53. The highest BCUT2D eigenvalue weighted by Gasteiger charge is 2.06. The standard InChI is InChI=1S/C11H13FO2/c1-14-8-10-5-2-4-9(11(10)12)6-3-7-13/h2,4-5,7H,3,6,8H2,1H3. The Bertz CT molecular complexity index is 310. The lowest BCUT2D eigenvalue weighted by atomic mass is 10.1. The van der Waals surface area contributed by atoms with Gasteiger partial charge in [0.1, 0.15) is 12.1 Å². The molecule has 1 rings (SSSR count). The summed E-state index contributed by atoms with van der Waals surface area (Å²) >= 11 is 0. The summed E-state index contributed by atoms with van der Waals surface area (Å²) in [6.07, 6.45) is 1.60. The van der Waals surface area contributed by atoms with Crippen molar-refractivity contribution in [3.05, 3.63) is 35.1 Å². The third-order valence-electron chi connectivity index (χ3n) is 1.99. The van der Waals surface area contributed by atoms with E-state index in [0.29, 0.717) is 24.0 Å². The molecule has 0 saturated carbocycles. The Balaban J connectivity index is 2.83. The van der Waals surface area contributed by atoms with Crippen LogP contribution in [0.15, 0.2) is 18.2 Å². The maximum Gasteiger partial charge on any atom is 0.131 e. The largest absolute Gasteiger partial charge is 0.380 e. The summed E-state index contributed by atoms with van der Waals surface area (Å²) in [5.41, 5.74) is 1.11. The van der Waals surface area contributed by atoms with E-state index in [2.05, 4.69) is 0 Å². The molecule has 0 spiro atoms. The third kappa shape index (κ3) is 2.64. The van der Waals surface area contributed by atoms with Crippen LogP contribution in [0, 0.1) is 5.82 Å². The second-order valence-electron chi connectivity index (χ2n) is 3.03. The minimum Gasteiger partial charge on any atom is -0.380 e. The van der Waals surface area contributed by atoms with Crippen molar-refractivity contribution in [1.29, 1.82) is 0 Å². The Labute approximate surface area is 82.7 Å². The highest BCUT2D eigenvalue weighted by Crippen LogP contribution is 2.14. The van der Waals surface area contributed by atoms with Crippen LogP contribution in [0.1, 0.15) is 17.5 Å². The zero-order valence-corrected chi connectivity index (χ0v) is 8.13. The van der Waals surface area contributed by atoms with Gasteiger partial charge < -0.3 is 9.53 Å². The van der Waals surface area contributed by atoms with Gasteiger partial charge in [0.05, 0.1) is 6.61 Å². The lowest BCUT2D eigenvalue weighted by Gasteiger charge is -2.05. The van der Waals surface area contributed by atoms with E-state index >= 15 is 0 Å². The molecule has 0 unspecified atom stereocenters. The van der Waals surface area contributed by atoms with Crippen LogP contribution in [-0.2, 0) is 22.6 Å². The Kier molecular flexibility index (Phi) is 4.26. The number of benzene rings is 1. The fourth-order valence-electron chi connectivity index (χ4n) is 1.31. The maximum absolute atomic E-state index is 13.6. The van der Waals surface area contributed by atoms with Crippen LogP contribution in [0.5, 0.6) is 0 Å². The zero-order chi connectivity index (χ0) is 10.4. The van der Waals surface area contributed by atoms with Crippen LogP contribution < -0.4 is 0 Å². The minimum absolute atomic E-state index is 0.254. The van der Waals surface area contributed by atoms with Gasteiger partial charge in [0.25, 0.3) is 0 Å². The minimum atomic E-state index is -0.254. The van der Waals surface area contributed by atoms with Crippen molar-refractivity contribution in [3.63, 3.8) is 0 Å². The molecule has 0 N–H and O–H groups in total. The smallest absolute Gasteiger partial charge is 0.131 e. The van der Waals surface area contributed by atoms with Gasteiger partial charge in [0, 0.05) is 19.1 Å². The first-order chi connectivity index (χ1) is 6.79. The van der Waals surface area contributed by atoms with Gasteiger partial charge >= 0.3 is 0 Å². The summed E-state index contributed by atoms with van der Waals surface area (Å²) in [6.45, 7) is 0.265. The van der Waals surface area contributed by atoms with Gasteiger partial charge in [0.15, 0.2) is 0 Å². The van der Waals surface area contributed by atoms with E-state index in [1.165, 1.54) is 7.11 Å². The van der Waals surface area contributed by atoms with E-state index < -0.39 is 0 Å². The topological polar surface area (TPSA) is 26.3 Å². The Hall–Kier alpha value is -1.22. The Morgan fingerprint density at radius 3 is 2.79 bits per heavy atom. The lowest BCUT2D eigenvalue weighted by molar-refractivity contribution is -0.107. The van der Waals surface area contributed by atoms with Gasteiger partial charge in [-0.3, -0.25) is 0 Å². The average Bonchev–Trinajstić information content (AvgIpc) is 2.20. The highest BCUT2D eigenvalue weighted by atomic mass is 19.1. The number of ether oxygens (including phenoxy) is 1. The molecule has 0 amide bonds. The molecule has 0 fully saturated rings. The normalized spacial score (nSPS) is 10.1. The van der Waals surface area contributed by atoms with E-state index in [9.17, 15) is 9.18 Å². The Morgan fingerprint density at radius 2 is 2.14 bits per heavy atom. The molecule has 76 valence electrons. The molecule has 0 heterocycles. The molecule has 1 aromatic rings. The molecule has 0 atom stereocenters. The van der Waals surface area contributed by atoms with E-state index in [4.69, 9.17) is 4.74 Å². The zero-order valence-electron chi connectivity index (χ0n) is 8.13. The quantitative estimate of drug-likeness (QED) is 0.674. The summed E-state index contributed by atoms with van der Waals surface area (Å²) in [5.74, 6) is -0.254. The fraction of sp³-hybridized carbons (Fsp3) is 0.364. The summed E-state index contributed by atoms with van der Waals surface area (Å²) < 4.78 is 18.4. The van der Waals surface area contributed by atoms with Crippen molar-refractivity contribution in [1.82, 2.24) is 0 Å². The van der Waals surface area contributed by atoms with Crippen molar-refractivity contribution >= 4 is 6.29 Å². The first-order valence-electron chi connectivity index (χ1n) is 4.48. The van der Waals surface area contributed by atoms with Crippen LogP contribution in [0.3, 0.4) is 0 Å². The van der Waals surface area contributed by atoms with Gasteiger partial charge in [-0.15, -0.1) is 0 Å². The van der Waals surface area contributed by atoms with Crippen molar-refractivity contribution in [3.8, 4) is 0 Å². The SMILES string of the molecule is COCc1cccc(CCC=O)c1F. The number of aldehydes is 1. The van der Waals surface area contributed by atoms with E-state index in [1.54, 1.807) is 18.2 Å². The lowest BCUT2D eigenvalue weighted by Crippen LogP contribution is -1.98. The maximum atomic E-state index is 13.6. The molecular weight excluding hydrogens is 183 g/mol. The number of aryl methyl sites for hydroxylation is 1. The number of methoxy groups -OCH3 is 1. The van der Waals surface area contributed by atoms with Gasteiger partial charge in [-0.25, -0.2) is 4.39 Å². The number of carbonyl (C=O) groups excluding carboxylic acids is 1. The molecule has 0 bridgehead atoms. The number of hydrogen-bond donors (Lipinski definition) is 0. The number of halogens is 1. The summed E-state index contributed by atoms with van der Waals surface area (Å²) in [5, 5.41) is 0. The molecule has 0 aliphatic rings. The molecule has 0 aliphatic carbocycles. The molecule has 3 heteroatoms.